The van der Waals surface area contributed by atoms with E-state index in [2.05, 4.69) is 12.2 Å². The lowest BCUT2D eigenvalue weighted by Gasteiger charge is -2.19. The van der Waals surface area contributed by atoms with E-state index in [0.29, 0.717) is 30.6 Å². The predicted octanol–water partition coefficient (Wildman–Crippen LogP) is 4.27. The summed E-state index contributed by atoms with van der Waals surface area (Å²) in [7, 11) is 1.75. The monoisotopic (exact) mass is 435 g/mol. The van der Waals surface area contributed by atoms with Crippen molar-refractivity contribution < 1.29 is 13.9 Å². The number of ether oxygens (including phenoxy) is 1. The summed E-state index contributed by atoms with van der Waals surface area (Å²) in [5.74, 6) is -0.297. The first-order valence-corrected chi connectivity index (χ1v) is 11.1. The zero-order chi connectivity index (χ0) is 22.8. The van der Waals surface area contributed by atoms with Crippen molar-refractivity contribution >= 4 is 11.6 Å². The molecule has 1 saturated heterocycles. The lowest BCUT2D eigenvalue weighted by atomic mass is 9.91. The van der Waals surface area contributed by atoms with E-state index in [4.69, 9.17) is 10.1 Å². The molecule has 6 heteroatoms. The van der Waals surface area contributed by atoms with Crippen molar-refractivity contribution in [2.24, 2.45) is 0 Å². The van der Waals surface area contributed by atoms with Gasteiger partial charge in [0.1, 0.15) is 5.82 Å². The first-order chi connectivity index (χ1) is 15.4. The summed E-state index contributed by atoms with van der Waals surface area (Å²) in [6.07, 6.45) is 5.83. The van der Waals surface area contributed by atoms with Gasteiger partial charge in [-0.05, 0) is 78.9 Å². The minimum Gasteiger partial charge on any atom is -0.394 e. The van der Waals surface area contributed by atoms with Gasteiger partial charge >= 0.3 is 0 Å². The Balaban J connectivity index is 1.57. The summed E-state index contributed by atoms with van der Waals surface area (Å²) >= 11 is 0. The lowest BCUT2D eigenvalue weighted by Crippen LogP contribution is -2.32. The molecule has 0 spiro atoms. The fourth-order valence-electron chi connectivity index (χ4n) is 4.56. The van der Waals surface area contributed by atoms with Crippen molar-refractivity contribution in [1.29, 1.82) is 5.41 Å². The Hall–Kier alpha value is -2.99. The third-order valence-corrected chi connectivity index (χ3v) is 6.62. The second-order valence-electron chi connectivity index (χ2n) is 8.65. The number of carbonyl (C=O) groups excluding carboxylic acids is 1. The average molecular weight is 436 g/mol. The van der Waals surface area contributed by atoms with Gasteiger partial charge in [-0.1, -0.05) is 12.1 Å². The number of rotatable bonds is 7. The highest BCUT2D eigenvalue weighted by molar-refractivity contribution is 6.06. The second-order valence-corrected chi connectivity index (χ2v) is 8.65. The maximum Gasteiger partial charge on any atom is 0.254 e. The minimum atomic E-state index is -0.339. The van der Waals surface area contributed by atoms with Crippen LogP contribution in [-0.4, -0.2) is 42.8 Å². The van der Waals surface area contributed by atoms with E-state index in [9.17, 15) is 9.18 Å². The predicted molar refractivity (Wildman–Crippen MR) is 124 cm³/mol. The molecule has 0 bridgehead atoms. The van der Waals surface area contributed by atoms with Crippen LogP contribution in [0, 0.1) is 25.1 Å². The van der Waals surface area contributed by atoms with Gasteiger partial charge in [0.2, 0.25) is 0 Å². The number of benzene rings is 2. The number of nitrogens with one attached hydrogen (secondary N) is 2. The first-order valence-electron chi connectivity index (χ1n) is 11.1. The lowest BCUT2D eigenvalue weighted by molar-refractivity contribution is 0.0545. The van der Waals surface area contributed by atoms with Crippen LogP contribution >= 0.6 is 0 Å². The van der Waals surface area contributed by atoms with Crippen molar-refractivity contribution in [3.63, 3.8) is 0 Å². The number of halogens is 1. The molecular formula is C26H30FN3O2. The van der Waals surface area contributed by atoms with E-state index in [0.717, 1.165) is 47.3 Å². The molecule has 2 aromatic rings. The van der Waals surface area contributed by atoms with Gasteiger partial charge in [0.05, 0.1) is 11.8 Å². The van der Waals surface area contributed by atoms with Gasteiger partial charge in [-0.15, -0.1) is 0 Å². The fraction of sp³-hybridized carbons (Fsp3) is 0.385. The number of allylic oxidation sites excluding steroid dienone is 1. The Morgan fingerprint density at radius 2 is 2.09 bits per heavy atom. The van der Waals surface area contributed by atoms with Gasteiger partial charge in [0.15, 0.2) is 0 Å². The zero-order valence-electron chi connectivity index (χ0n) is 18.9. The molecule has 0 saturated carbocycles. The van der Waals surface area contributed by atoms with Crippen LogP contribution in [0.15, 0.2) is 36.5 Å². The Morgan fingerprint density at radius 3 is 2.78 bits per heavy atom. The van der Waals surface area contributed by atoms with Gasteiger partial charge in [-0.3, -0.25) is 4.79 Å². The number of amides is 1. The zero-order valence-corrected chi connectivity index (χ0v) is 18.9. The summed E-state index contributed by atoms with van der Waals surface area (Å²) in [4.78, 5) is 15.0. The number of hydrogen-bond donors (Lipinski definition) is 2. The van der Waals surface area contributed by atoms with E-state index in [-0.39, 0.29) is 23.5 Å². The summed E-state index contributed by atoms with van der Waals surface area (Å²) in [5.41, 5.74) is 6.31. The van der Waals surface area contributed by atoms with Crippen LogP contribution in [0.25, 0.3) is 0 Å². The quantitative estimate of drug-likeness (QED) is 0.639. The fourth-order valence-corrected chi connectivity index (χ4v) is 4.56. The molecule has 5 nitrogen and oxygen atoms in total. The Kier molecular flexibility index (Phi) is 6.42. The molecule has 1 unspecified atom stereocenters. The minimum absolute atomic E-state index is 0.0421. The van der Waals surface area contributed by atoms with Crippen molar-refractivity contribution in [2.45, 2.75) is 45.8 Å². The highest BCUT2D eigenvalue weighted by atomic mass is 19.1. The van der Waals surface area contributed by atoms with E-state index < -0.39 is 0 Å². The van der Waals surface area contributed by atoms with Crippen LogP contribution in [0.2, 0.25) is 0 Å². The molecule has 1 atom stereocenters. The SMILES string of the molecule is CN/C=C\C(=N)c1ccc(Cc2cc3c(c(C)c2C)CN(CC2CCCO2)C3=O)c(F)c1. The topological polar surface area (TPSA) is 65.4 Å². The molecule has 0 aliphatic carbocycles. The maximum absolute atomic E-state index is 14.9. The maximum atomic E-state index is 14.9. The molecule has 168 valence electrons. The van der Waals surface area contributed by atoms with Crippen LogP contribution < -0.4 is 5.32 Å². The number of hydrogen-bond acceptors (Lipinski definition) is 4. The largest absolute Gasteiger partial charge is 0.394 e. The Morgan fingerprint density at radius 1 is 1.28 bits per heavy atom. The number of fused-ring (bicyclic) bond motifs is 1. The van der Waals surface area contributed by atoms with Gasteiger partial charge in [0.25, 0.3) is 5.91 Å². The van der Waals surface area contributed by atoms with E-state index in [1.807, 2.05) is 17.9 Å². The summed E-state index contributed by atoms with van der Waals surface area (Å²) in [5, 5.41) is 10.9. The number of carbonyl (C=O) groups is 1. The van der Waals surface area contributed by atoms with Gasteiger partial charge < -0.3 is 20.4 Å². The second kappa shape index (κ2) is 9.25. The highest BCUT2D eigenvalue weighted by Crippen LogP contribution is 2.32. The van der Waals surface area contributed by atoms with Crippen LogP contribution in [0.3, 0.4) is 0 Å². The third-order valence-electron chi connectivity index (χ3n) is 6.62. The van der Waals surface area contributed by atoms with Gasteiger partial charge in [-0.2, -0.15) is 0 Å². The number of nitrogens with zero attached hydrogens (tertiary/aromatic N) is 1. The third kappa shape index (κ3) is 4.32. The summed E-state index contributed by atoms with van der Waals surface area (Å²) in [6, 6.07) is 6.85. The normalized spacial score (nSPS) is 17.9. The van der Waals surface area contributed by atoms with Crippen molar-refractivity contribution in [2.75, 3.05) is 20.2 Å². The molecule has 2 aromatic carbocycles. The smallest absolute Gasteiger partial charge is 0.254 e. The Bertz CT molecular complexity index is 1090. The van der Waals surface area contributed by atoms with Crippen molar-refractivity contribution in [3.8, 4) is 0 Å². The van der Waals surface area contributed by atoms with E-state index in [1.54, 1.807) is 31.5 Å². The van der Waals surface area contributed by atoms with Gasteiger partial charge in [0, 0.05) is 44.3 Å². The summed E-state index contributed by atoms with van der Waals surface area (Å²) in [6.45, 7) is 6.12. The average Bonchev–Trinajstić information content (AvgIpc) is 3.40. The van der Waals surface area contributed by atoms with E-state index >= 15 is 0 Å². The van der Waals surface area contributed by atoms with Gasteiger partial charge in [-0.25, -0.2) is 4.39 Å². The first kappa shape index (κ1) is 22.2. The molecule has 0 radical (unpaired) electrons. The van der Waals surface area contributed by atoms with Crippen molar-refractivity contribution in [1.82, 2.24) is 10.2 Å². The molecule has 4 rings (SSSR count). The van der Waals surface area contributed by atoms with Crippen LogP contribution in [-0.2, 0) is 17.7 Å². The van der Waals surface area contributed by atoms with Crippen LogP contribution in [0.5, 0.6) is 0 Å². The molecule has 2 aliphatic rings. The molecule has 2 heterocycles. The van der Waals surface area contributed by atoms with E-state index in [1.165, 1.54) is 6.07 Å². The van der Waals surface area contributed by atoms with Crippen LogP contribution in [0.4, 0.5) is 4.39 Å². The standard InChI is InChI=1S/C26H30FN3O2/c1-16-17(2)23-15-30(14-21-5-4-10-32-21)26(31)22(23)12-20(16)11-18-6-7-19(13-24(18)27)25(28)8-9-29-3/h6-9,12-13,21,28-29H,4-5,10-11,14-15H2,1-3H3/b9-8-,28-25?. The summed E-state index contributed by atoms with van der Waals surface area (Å²) < 4.78 is 20.6. The molecule has 1 fully saturated rings. The highest BCUT2D eigenvalue weighted by Gasteiger charge is 2.32. The van der Waals surface area contributed by atoms with Crippen molar-refractivity contribution in [3.05, 3.63) is 81.3 Å². The van der Waals surface area contributed by atoms with Crippen LogP contribution in [0.1, 0.15) is 56.6 Å². The molecule has 2 aliphatic heterocycles. The molecule has 0 aromatic heterocycles. The molecular weight excluding hydrogens is 405 g/mol. The Labute approximate surface area is 188 Å². The molecule has 2 N–H and O–H groups in total. The molecule has 1 amide bonds. The molecule has 32 heavy (non-hydrogen) atoms.